The molecule has 32 heavy (non-hydrogen) atoms. The van der Waals surface area contributed by atoms with Gasteiger partial charge in [0, 0.05) is 35.8 Å². The number of nitrogens with one attached hydrogen (secondary N) is 1. The number of nitrogens with zero attached hydrogens (tertiary/aromatic N) is 2. The van der Waals surface area contributed by atoms with E-state index in [2.05, 4.69) is 30.1 Å². The van der Waals surface area contributed by atoms with Gasteiger partial charge in [-0.3, -0.25) is 4.79 Å². The van der Waals surface area contributed by atoms with Crippen LogP contribution in [-0.4, -0.2) is 30.6 Å². The number of carbonyl (C=O) groups is 1. The van der Waals surface area contributed by atoms with Crippen LogP contribution in [0.5, 0.6) is 5.75 Å². The van der Waals surface area contributed by atoms with Crippen molar-refractivity contribution in [2.75, 3.05) is 29.9 Å². The fraction of sp³-hybridized carbons (Fsp3) is 0.333. The zero-order valence-corrected chi connectivity index (χ0v) is 19.1. The van der Waals surface area contributed by atoms with Crippen LogP contribution < -0.4 is 15.0 Å². The van der Waals surface area contributed by atoms with E-state index in [1.807, 2.05) is 49.4 Å². The van der Waals surface area contributed by atoms with Gasteiger partial charge in [0.05, 0.1) is 12.1 Å². The Kier molecular flexibility index (Phi) is 6.74. The molecule has 0 atom stereocenters. The third-order valence-corrected chi connectivity index (χ3v) is 6.01. The molecule has 1 saturated heterocycles. The van der Waals surface area contributed by atoms with Crippen LogP contribution in [0.25, 0.3) is 17.0 Å². The summed E-state index contributed by atoms with van der Waals surface area (Å²) in [7, 11) is 0. The summed E-state index contributed by atoms with van der Waals surface area (Å²) in [4.78, 5) is 19.8. The smallest absolute Gasteiger partial charge is 0.248 e. The summed E-state index contributed by atoms with van der Waals surface area (Å²) in [6.45, 7) is 9.08. The van der Waals surface area contributed by atoms with E-state index < -0.39 is 0 Å². The van der Waals surface area contributed by atoms with Crippen molar-refractivity contribution in [3.05, 3.63) is 65.7 Å². The third-order valence-electron chi connectivity index (χ3n) is 6.01. The number of rotatable bonds is 6. The van der Waals surface area contributed by atoms with Gasteiger partial charge in [-0.05, 0) is 74.6 Å². The van der Waals surface area contributed by atoms with Crippen LogP contribution in [-0.2, 0) is 4.79 Å². The Labute approximate surface area is 190 Å². The third kappa shape index (κ3) is 5.10. The van der Waals surface area contributed by atoms with Gasteiger partial charge in [-0.2, -0.15) is 0 Å². The molecule has 0 saturated carbocycles. The van der Waals surface area contributed by atoms with Gasteiger partial charge < -0.3 is 15.0 Å². The molecule has 1 amide bonds. The van der Waals surface area contributed by atoms with Crippen LogP contribution in [0.4, 0.5) is 11.5 Å². The number of piperidine rings is 1. The van der Waals surface area contributed by atoms with Gasteiger partial charge in [0.15, 0.2) is 0 Å². The number of anilines is 2. The van der Waals surface area contributed by atoms with Crippen molar-refractivity contribution in [3.8, 4) is 5.75 Å². The number of hydrogen-bond acceptors (Lipinski definition) is 4. The number of ether oxygens (including phenoxy) is 1. The molecule has 2 aromatic carbocycles. The summed E-state index contributed by atoms with van der Waals surface area (Å²) >= 11 is 0. The second-order valence-corrected chi connectivity index (χ2v) is 8.49. The highest BCUT2D eigenvalue weighted by molar-refractivity contribution is 6.03. The molecule has 2 heterocycles. The Balaban J connectivity index is 1.48. The molecule has 0 spiro atoms. The Morgan fingerprint density at radius 2 is 1.97 bits per heavy atom. The Bertz CT molecular complexity index is 1130. The van der Waals surface area contributed by atoms with E-state index in [4.69, 9.17) is 9.72 Å². The number of hydrogen-bond donors (Lipinski definition) is 1. The number of carbonyl (C=O) groups excluding carboxylic acids is 1. The van der Waals surface area contributed by atoms with Gasteiger partial charge >= 0.3 is 0 Å². The van der Waals surface area contributed by atoms with Gasteiger partial charge in [-0.15, -0.1) is 0 Å². The van der Waals surface area contributed by atoms with E-state index in [0.29, 0.717) is 6.61 Å². The monoisotopic (exact) mass is 429 g/mol. The first kappa shape index (κ1) is 21.9. The van der Waals surface area contributed by atoms with Crippen LogP contribution in [0.1, 0.15) is 37.8 Å². The topological polar surface area (TPSA) is 54.5 Å². The van der Waals surface area contributed by atoms with Crippen LogP contribution >= 0.6 is 0 Å². The van der Waals surface area contributed by atoms with Crippen LogP contribution in [0.3, 0.4) is 0 Å². The minimum Gasteiger partial charge on any atom is -0.493 e. The van der Waals surface area contributed by atoms with Crippen molar-refractivity contribution in [2.45, 2.75) is 33.6 Å². The lowest BCUT2D eigenvalue weighted by Crippen LogP contribution is -2.33. The van der Waals surface area contributed by atoms with E-state index in [9.17, 15) is 4.79 Å². The number of pyridine rings is 1. The lowest BCUT2D eigenvalue weighted by molar-refractivity contribution is -0.111. The molecular formula is C27H31N3O2. The van der Waals surface area contributed by atoms with Gasteiger partial charge in [-0.1, -0.05) is 25.1 Å². The maximum absolute atomic E-state index is 12.5. The van der Waals surface area contributed by atoms with E-state index in [0.717, 1.165) is 52.7 Å². The zero-order chi connectivity index (χ0) is 22.5. The summed E-state index contributed by atoms with van der Waals surface area (Å²) in [5, 5.41) is 4.02. The maximum atomic E-state index is 12.5. The highest BCUT2D eigenvalue weighted by atomic mass is 16.5. The highest BCUT2D eigenvalue weighted by Crippen LogP contribution is 2.28. The fourth-order valence-corrected chi connectivity index (χ4v) is 4.11. The van der Waals surface area contributed by atoms with Gasteiger partial charge in [0.1, 0.15) is 11.6 Å². The van der Waals surface area contributed by atoms with Gasteiger partial charge in [0.2, 0.25) is 5.91 Å². The fourth-order valence-electron chi connectivity index (χ4n) is 4.11. The average molecular weight is 430 g/mol. The van der Waals surface area contributed by atoms with Crippen molar-refractivity contribution in [3.63, 3.8) is 0 Å². The summed E-state index contributed by atoms with van der Waals surface area (Å²) in [6.07, 6.45) is 5.74. The molecule has 0 bridgehead atoms. The Morgan fingerprint density at radius 3 is 2.75 bits per heavy atom. The summed E-state index contributed by atoms with van der Waals surface area (Å²) in [5.74, 6) is 2.43. The number of para-hydroxylation sites is 1. The lowest BCUT2D eigenvalue weighted by Gasteiger charge is -2.31. The lowest BCUT2D eigenvalue weighted by atomic mass is 9.99. The van der Waals surface area contributed by atoms with Gasteiger partial charge in [-0.25, -0.2) is 4.98 Å². The summed E-state index contributed by atoms with van der Waals surface area (Å²) in [6, 6.07) is 15.7. The first-order valence-corrected chi connectivity index (χ1v) is 11.4. The van der Waals surface area contributed by atoms with E-state index in [1.165, 1.54) is 24.5 Å². The molecule has 1 aromatic heterocycles. The van der Waals surface area contributed by atoms with Crippen LogP contribution in [0.2, 0.25) is 0 Å². The average Bonchev–Trinajstić information content (AvgIpc) is 2.79. The highest BCUT2D eigenvalue weighted by Gasteiger charge is 2.18. The SMILES string of the molecule is CCOc1ccccc1C=CC(=O)Nc1ccc2nc(N3CCC(C)CC3)cc(C)c2c1. The molecule has 0 unspecified atom stereocenters. The molecule has 3 aromatic rings. The quantitative estimate of drug-likeness (QED) is 0.501. The van der Waals surface area contributed by atoms with E-state index >= 15 is 0 Å². The second kappa shape index (κ2) is 9.86. The number of benzene rings is 2. The van der Waals surface area contributed by atoms with Crippen molar-refractivity contribution in [2.24, 2.45) is 5.92 Å². The predicted octanol–water partition coefficient (Wildman–Crippen LogP) is 5.83. The number of aryl methyl sites for hydroxylation is 1. The minimum absolute atomic E-state index is 0.180. The first-order valence-electron chi connectivity index (χ1n) is 11.4. The maximum Gasteiger partial charge on any atom is 0.248 e. The minimum atomic E-state index is -0.180. The first-order chi connectivity index (χ1) is 15.5. The molecule has 5 heteroatoms. The molecule has 0 radical (unpaired) electrons. The molecule has 1 aliphatic heterocycles. The molecule has 1 N–H and O–H groups in total. The molecule has 5 nitrogen and oxygen atoms in total. The molecule has 0 aliphatic carbocycles. The number of amides is 1. The van der Waals surface area contributed by atoms with Crippen LogP contribution in [0, 0.1) is 12.8 Å². The van der Waals surface area contributed by atoms with E-state index in [1.54, 1.807) is 6.08 Å². The predicted molar refractivity (Wildman–Crippen MR) is 132 cm³/mol. The van der Waals surface area contributed by atoms with Gasteiger partial charge in [0.25, 0.3) is 0 Å². The molecule has 1 fully saturated rings. The zero-order valence-electron chi connectivity index (χ0n) is 19.1. The molecule has 166 valence electrons. The van der Waals surface area contributed by atoms with Crippen molar-refractivity contribution in [1.82, 2.24) is 4.98 Å². The Hall–Kier alpha value is -3.34. The largest absolute Gasteiger partial charge is 0.493 e. The van der Waals surface area contributed by atoms with Crippen molar-refractivity contribution >= 4 is 34.4 Å². The normalized spacial score (nSPS) is 14.8. The standard InChI is InChI=1S/C27H31N3O2/c1-4-32-25-8-6-5-7-21(25)9-12-27(31)28-22-10-11-24-23(18-22)20(3)17-26(29-24)30-15-13-19(2)14-16-30/h5-12,17-19H,4,13-16H2,1-3H3,(H,28,31). The number of fused-ring (bicyclic) bond motifs is 1. The van der Waals surface area contributed by atoms with Crippen molar-refractivity contribution < 1.29 is 9.53 Å². The molecule has 1 aliphatic rings. The summed E-state index contributed by atoms with van der Waals surface area (Å²) < 4.78 is 5.61. The van der Waals surface area contributed by atoms with Crippen LogP contribution in [0.15, 0.2) is 54.6 Å². The summed E-state index contributed by atoms with van der Waals surface area (Å²) in [5.41, 5.74) is 3.76. The van der Waals surface area contributed by atoms with Crippen molar-refractivity contribution in [1.29, 1.82) is 0 Å². The Morgan fingerprint density at radius 1 is 1.19 bits per heavy atom. The van der Waals surface area contributed by atoms with E-state index in [-0.39, 0.29) is 5.91 Å². The number of aromatic nitrogens is 1. The molecular weight excluding hydrogens is 398 g/mol. The second-order valence-electron chi connectivity index (χ2n) is 8.49. The molecule has 4 rings (SSSR count).